The fourth-order valence-corrected chi connectivity index (χ4v) is 2.68. The minimum Gasteiger partial charge on any atom is -0.467 e. The molecule has 0 bridgehead atoms. The first-order valence-electron chi connectivity index (χ1n) is 6.72. The van der Waals surface area contributed by atoms with E-state index in [0.717, 1.165) is 18.1 Å². The highest BCUT2D eigenvalue weighted by Crippen LogP contribution is 2.31. The summed E-state index contributed by atoms with van der Waals surface area (Å²) in [6.07, 6.45) is 8.17. The summed E-state index contributed by atoms with van der Waals surface area (Å²) in [7, 11) is 0. The number of nitrogens with two attached hydrogens (primary N) is 1. The van der Waals surface area contributed by atoms with Crippen molar-refractivity contribution in [2.24, 2.45) is 11.7 Å². The summed E-state index contributed by atoms with van der Waals surface area (Å²) in [4.78, 5) is 0. The monoisotopic (exact) mass is 237 g/mol. The van der Waals surface area contributed by atoms with Crippen LogP contribution < -0.4 is 5.73 Å². The number of hydrogen-bond acceptors (Lipinski definition) is 3. The maximum absolute atomic E-state index is 6.10. The summed E-state index contributed by atoms with van der Waals surface area (Å²) in [5, 5.41) is 0. The average Bonchev–Trinajstić information content (AvgIpc) is 2.90. The molecule has 2 rings (SSSR count). The summed E-state index contributed by atoms with van der Waals surface area (Å²) in [6.45, 7) is 2.75. The molecule has 3 atom stereocenters. The molecule has 0 amide bonds. The van der Waals surface area contributed by atoms with Crippen LogP contribution in [0, 0.1) is 5.92 Å². The van der Waals surface area contributed by atoms with Gasteiger partial charge in [-0.05, 0) is 30.9 Å². The van der Waals surface area contributed by atoms with Gasteiger partial charge in [-0.2, -0.15) is 0 Å². The molecule has 17 heavy (non-hydrogen) atoms. The van der Waals surface area contributed by atoms with Crippen LogP contribution in [0.3, 0.4) is 0 Å². The fraction of sp³-hybridized carbons (Fsp3) is 0.714. The second-order valence-electron chi connectivity index (χ2n) is 4.94. The van der Waals surface area contributed by atoms with Crippen LogP contribution in [0.2, 0.25) is 0 Å². The van der Waals surface area contributed by atoms with Gasteiger partial charge in [0.05, 0.1) is 12.4 Å². The van der Waals surface area contributed by atoms with Gasteiger partial charge in [-0.25, -0.2) is 0 Å². The van der Waals surface area contributed by atoms with Crippen LogP contribution in [0.1, 0.15) is 50.9 Å². The van der Waals surface area contributed by atoms with Crippen molar-refractivity contribution in [2.75, 3.05) is 6.54 Å². The summed E-state index contributed by atoms with van der Waals surface area (Å²) in [5.74, 6) is 1.68. The fourth-order valence-electron chi connectivity index (χ4n) is 2.68. The number of ether oxygens (including phenoxy) is 1. The lowest BCUT2D eigenvalue weighted by molar-refractivity contribution is -0.0465. The van der Waals surface area contributed by atoms with Crippen molar-refractivity contribution in [2.45, 2.75) is 51.2 Å². The molecule has 1 heterocycles. The molecule has 3 heteroatoms. The van der Waals surface area contributed by atoms with Crippen LogP contribution >= 0.6 is 0 Å². The first-order chi connectivity index (χ1) is 8.33. The Kier molecular flexibility index (Phi) is 4.63. The highest BCUT2D eigenvalue weighted by atomic mass is 16.5. The Morgan fingerprint density at radius 2 is 2.41 bits per heavy atom. The van der Waals surface area contributed by atoms with Crippen molar-refractivity contribution >= 4 is 0 Å². The maximum atomic E-state index is 6.10. The van der Waals surface area contributed by atoms with Crippen molar-refractivity contribution in [3.63, 3.8) is 0 Å². The van der Waals surface area contributed by atoms with Gasteiger partial charge in [-0.1, -0.05) is 26.2 Å². The molecule has 0 saturated heterocycles. The van der Waals surface area contributed by atoms with Gasteiger partial charge in [0.25, 0.3) is 0 Å². The first kappa shape index (κ1) is 12.7. The number of furan rings is 1. The van der Waals surface area contributed by atoms with E-state index in [1.54, 1.807) is 6.26 Å². The summed E-state index contributed by atoms with van der Waals surface area (Å²) >= 11 is 0. The molecular formula is C14H23NO2. The second kappa shape index (κ2) is 6.22. The zero-order valence-corrected chi connectivity index (χ0v) is 10.6. The average molecular weight is 237 g/mol. The molecule has 0 spiro atoms. The van der Waals surface area contributed by atoms with Crippen molar-refractivity contribution < 1.29 is 9.15 Å². The van der Waals surface area contributed by atoms with Crippen LogP contribution in [0.4, 0.5) is 0 Å². The highest BCUT2D eigenvalue weighted by molar-refractivity contribution is 5.02. The van der Waals surface area contributed by atoms with Gasteiger partial charge in [0.2, 0.25) is 0 Å². The van der Waals surface area contributed by atoms with Gasteiger partial charge >= 0.3 is 0 Å². The molecule has 1 saturated carbocycles. The lowest BCUT2D eigenvalue weighted by Gasteiger charge is -2.30. The van der Waals surface area contributed by atoms with Crippen molar-refractivity contribution in [1.82, 2.24) is 0 Å². The topological polar surface area (TPSA) is 48.4 Å². The Morgan fingerprint density at radius 1 is 1.53 bits per heavy atom. The normalized spacial score (nSPS) is 26.9. The molecule has 96 valence electrons. The van der Waals surface area contributed by atoms with Gasteiger partial charge in [-0.3, -0.25) is 0 Å². The Morgan fingerprint density at radius 3 is 3.06 bits per heavy atom. The molecule has 1 aromatic rings. The minimum atomic E-state index is -0.0781. The van der Waals surface area contributed by atoms with Crippen LogP contribution in [0.25, 0.3) is 0 Å². The summed E-state index contributed by atoms with van der Waals surface area (Å²) in [6, 6.07) is 3.83. The molecule has 0 aromatic carbocycles. The van der Waals surface area contributed by atoms with E-state index in [9.17, 15) is 0 Å². The Hall–Kier alpha value is -0.800. The summed E-state index contributed by atoms with van der Waals surface area (Å²) < 4.78 is 11.5. The first-order valence-corrected chi connectivity index (χ1v) is 6.72. The molecular weight excluding hydrogens is 214 g/mol. The molecule has 1 aliphatic rings. The van der Waals surface area contributed by atoms with E-state index >= 15 is 0 Å². The maximum Gasteiger partial charge on any atom is 0.133 e. The van der Waals surface area contributed by atoms with Crippen molar-refractivity contribution in [3.05, 3.63) is 24.2 Å². The summed E-state index contributed by atoms with van der Waals surface area (Å²) in [5.41, 5.74) is 5.76. The molecule has 1 aromatic heterocycles. The highest BCUT2D eigenvalue weighted by Gasteiger charge is 2.25. The van der Waals surface area contributed by atoms with E-state index < -0.39 is 0 Å². The van der Waals surface area contributed by atoms with Gasteiger partial charge in [0, 0.05) is 6.54 Å². The lowest BCUT2D eigenvalue weighted by Crippen LogP contribution is -2.27. The molecule has 1 aliphatic carbocycles. The van der Waals surface area contributed by atoms with E-state index in [2.05, 4.69) is 6.92 Å². The predicted molar refractivity (Wildman–Crippen MR) is 67.6 cm³/mol. The lowest BCUT2D eigenvalue weighted by atomic mass is 9.85. The third-order valence-electron chi connectivity index (χ3n) is 3.74. The van der Waals surface area contributed by atoms with Gasteiger partial charge < -0.3 is 14.9 Å². The van der Waals surface area contributed by atoms with Gasteiger partial charge in [0.15, 0.2) is 0 Å². The quantitative estimate of drug-likeness (QED) is 0.855. The Balaban J connectivity index is 1.90. The largest absolute Gasteiger partial charge is 0.467 e. The zero-order valence-electron chi connectivity index (χ0n) is 10.6. The van der Waals surface area contributed by atoms with E-state index in [4.69, 9.17) is 14.9 Å². The van der Waals surface area contributed by atoms with Gasteiger partial charge in [0.1, 0.15) is 11.9 Å². The van der Waals surface area contributed by atoms with E-state index in [0.29, 0.717) is 12.6 Å². The minimum absolute atomic E-state index is 0.0781. The van der Waals surface area contributed by atoms with E-state index in [1.807, 2.05) is 12.1 Å². The third kappa shape index (κ3) is 3.33. The molecule has 3 nitrogen and oxygen atoms in total. The van der Waals surface area contributed by atoms with Gasteiger partial charge in [-0.15, -0.1) is 0 Å². The molecule has 1 fully saturated rings. The van der Waals surface area contributed by atoms with E-state index in [1.165, 1.54) is 25.7 Å². The van der Waals surface area contributed by atoms with Crippen LogP contribution in [-0.2, 0) is 4.74 Å². The smallest absolute Gasteiger partial charge is 0.133 e. The zero-order chi connectivity index (χ0) is 12.1. The second-order valence-corrected chi connectivity index (χ2v) is 4.94. The van der Waals surface area contributed by atoms with Crippen LogP contribution in [0.5, 0.6) is 0 Å². The standard InChI is InChI=1S/C14H23NO2/c1-2-11-5-3-6-12(9-11)17-14(10-15)13-7-4-8-16-13/h4,7-8,11-12,14H,2-3,5-6,9-10,15H2,1H3. The van der Waals surface area contributed by atoms with E-state index in [-0.39, 0.29) is 6.10 Å². The van der Waals surface area contributed by atoms with Crippen LogP contribution in [0.15, 0.2) is 22.8 Å². The Labute approximate surface area is 103 Å². The van der Waals surface area contributed by atoms with Crippen molar-refractivity contribution in [3.8, 4) is 0 Å². The number of rotatable bonds is 5. The Bertz CT molecular complexity index is 310. The molecule has 0 radical (unpaired) electrons. The number of hydrogen-bond donors (Lipinski definition) is 1. The molecule has 0 aliphatic heterocycles. The third-order valence-corrected chi connectivity index (χ3v) is 3.74. The van der Waals surface area contributed by atoms with Crippen molar-refractivity contribution in [1.29, 1.82) is 0 Å². The molecule has 3 unspecified atom stereocenters. The molecule has 2 N–H and O–H groups in total. The van der Waals surface area contributed by atoms with Crippen LogP contribution in [-0.4, -0.2) is 12.6 Å². The predicted octanol–water partition coefficient (Wildman–Crippen LogP) is 3.26. The SMILES string of the molecule is CCC1CCCC(OC(CN)c2ccco2)C1.